The van der Waals surface area contributed by atoms with Crippen molar-refractivity contribution < 1.29 is 9.59 Å². The van der Waals surface area contributed by atoms with Gasteiger partial charge in [0.15, 0.2) is 5.16 Å². The molecule has 1 aromatic carbocycles. The van der Waals surface area contributed by atoms with Gasteiger partial charge in [-0.15, -0.1) is 10.2 Å². The second-order valence-electron chi connectivity index (χ2n) is 6.01. The number of benzene rings is 1. The molecule has 2 N–H and O–H groups in total. The summed E-state index contributed by atoms with van der Waals surface area (Å²) < 4.78 is 2.81. The van der Waals surface area contributed by atoms with E-state index in [1.807, 2.05) is 43.5 Å². The molecule has 0 radical (unpaired) electrons. The Labute approximate surface area is 165 Å². The van der Waals surface area contributed by atoms with Crippen LogP contribution in [0.3, 0.4) is 0 Å². The summed E-state index contributed by atoms with van der Waals surface area (Å²) in [5.74, 6) is -0.0453. The van der Waals surface area contributed by atoms with Gasteiger partial charge in [-0.3, -0.25) is 9.59 Å². The van der Waals surface area contributed by atoms with Crippen LogP contribution < -0.4 is 10.6 Å². The predicted molar refractivity (Wildman–Crippen MR) is 106 cm³/mol. The van der Waals surface area contributed by atoms with Crippen molar-refractivity contribution in [1.82, 2.24) is 20.1 Å². The quantitative estimate of drug-likeness (QED) is 0.616. The molecule has 0 aliphatic carbocycles. The monoisotopic (exact) mass is 439 g/mol. The van der Waals surface area contributed by atoms with E-state index in [9.17, 15) is 9.59 Å². The second-order valence-corrected chi connectivity index (χ2v) is 7.87. The van der Waals surface area contributed by atoms with Crippen LogP contribution in [-0.2, 0) is 9.59 Å². The molecule has 0 aliphatic heterocycles. The average Bonchev–Trinajstić information content (AvgIpc) is 3.05. The number of thioether (sulfide) groups is 1. The fraction of sp³-hybridized carbons (Fsp3) is 0.412. The highest BCUT2D eigenvalue weighted by molar-refractivity contribution is 9.10. The molecular weight excluding hydrogens is 418 g/mol. The number of anilines is 1. The SMILES string of the molecule is Cc1ccc(Br)cc1NC(=O)CCNC(=O)CSc1nncn1C(C)C. The Bertz CT molecular complexity index is 778. The number of aryl methyl sites for hydroxylation is 1. The van der Waals surface area contributed by atoms with Crippen molar-refractivity contribution in [2.75, 3.05) is 17.6 Å². The van der Waals surface area contributed by atoms with Crippen molar-refractivity contribution in [3.63, 3.8) is 0 Å². The lowest BCUT2D eigenvalue weighted by Gasteiger charge is -2.10. The molecule has 2 aromatic rings. The maximum absolute atomic E-state index is 12.0. The molecule has 2 rings (SSSR count). The highest BCUT2D eigenvalue weighted by Crippen LogP contribution is 2.21. The fourth-order valence-corrected chi connectivity index (χ4v) is 3.36. The minimum atomic E-state index is -0.140. The van der Waals surface area contributed by atoms with E-state index in [-0.39, 0.29) is 36.6 Å². The molecule has 1 aromatic heterocycles. The molecule has 0 spiro atoms. The fourth-order valence-electron chi connectivity index (χ4n) is 2.13. The largest absolute Gasteiger partial charge is 0.355 e. The third kappa shape index (κ3) is 6.14. The summed E-state index contributed by atoms with van der Waals surface area (Å²) in [5.41, 5.74) is 1.75. The number of aromatic nitrogens is 3. The third-order valence-electron chi connectivity index (χ3n) is 3.58. The summed E-state index contributed by atoms with van der Waals surface area (Å²) in [6.07, 6.45) is 1.86. The first-order valence-electron chi connectivity index (χ1n) is 8.22. The zero-order chi connectivity index (χ0) is 19.1. The molecule has 9 heteroatoms. The van der Waals surface area contributed by atoms with Gasteiger partial charge in [-0.2, -0.15) is 0 Å². The molecule has 26 heavy (non-hydrogen) atoms. The van der Waals surface area contributed by atoms with Crippen LogP contribution in [0.2, 0.25) is 0 Å². The Kier molecular flexibility index (Phi) is 7.65. The molecular formula is C17H22BrN5O2S. The van der Waals surface area contributed by atoms with E-state index < -0.39 is 0 Å². The van der Waals surface area contributed by atoms with E-state index in [1.165, 1.54) is 11.8 Å². The lowest BCUT2D eigenvalue weighted by molar-refractivity contribution is -0.119. The summed E-state index contributed by atoms with van der Waals surface area (Å²) in [5, 5.41) is 14.2. The van der Waals surface area contributed by atoms with Gasteiger partial charge < -0.3 is 15.2 Å². The summed E-state index contributed by atoms with van der Waals surface area (Å²) in [7, 11) is 0. The average molecular weight is 440 g/mol. The highest BCUT2D eigenvalue weighted by atomic mass is 79.9. The van der Waals surface area contributed by atoms with Crippen molar-refractivity contribution in [2.45, 2.75) is 38.4 Å². The van der Waals surface area contributed by atoms with Crippen LogP contribution in [0.4, 0.5) is 5.69 Å². The topological polar surface area (TPSA) is 88.9 Å². The Balaban J connectivity index is 1.71. The smallest absolute Gasteiger partial charge is 0.230 e. The minimum Gasteiger partial charge on any atom is -0.355 e. The number of carbonyl (C=O) groups excluding carboxylic acids is 2. The number of halogens is 1. The number of nitrogens with one attached hydrogen (secondary N) is 2. The van der Waals surface area contributed by atoms with Gasteiger partial charge in [0.1, 0.15) is 6.33 Å². The summed E-state index contributed by atoms with van der Waals surface area (Å²) in [6, 6.07) is 5.94. The molecule has 0 aliphatic rings. The second kappa shape index (κ2) is 9.72. The van der Waals surface area contributed by atoms with Gasteiger partial charge in [-0.25, -0.2) is 0 Å². The first kappa shape index (κ1) is 20.4. The maximum atomic E-state index is 12.0. The minimum absolute atomic E-state index is 0.139. The lowest BCUT2D eigenvalue weighted by atomic mass is 10.2. The van der Waals surface area contributed by atoms with Crippen molar-refractivity contribution in [1.29, 1.82) is 0 Å². The molecule has 140 valence electrons. The molecule has 0 bridgehead atoms. The molecule has 0 unspecified atom stereocenters. The number of hydrogen-bond donors (Lipinski definition) is 2. The van der Waals surface area contributed by atoms with Gasteiger partial charge in [0.05, 0.1) is 5.75 Å². The Hall–Kier alpha value is -1.87. The third-order valence-corrected chi connectivity index (χ3v) is 5.03. The van der Waals surface area contributed by atoms with Crippen LogP contribution >= 0.6 is 27.7 Å². The van der Waals surface area contributed by atoms with Crippen LogP contribution in [0.1, 0.15) is 31.9 Å². The predicted octanol–water partition coefficient (Wildman–Crippen LogP) is 3.17. The normalized spacial score (nSPS) is 10.8. The molecule has 7 nitrogen and oxygen atoms in total. The molecule has 0 fully saturated rings. The van der Waals surface area contributed by atoms with Crippen molar-refractivity contribution in [2.24, 2.45) is 0 Å². The van der Waals surface area contributed by atoms with E-state index >= 15 is 0 Å². The molecule has 1 heterocycles. The molecule has 0 atom stereocenters. The summed E-state index contributed by atoms with van der Waals surface area (Å²) >= 11 is 4.71. The van der Waals surface area contributed by atoms with Crippen LogP contribution in [0, 0.1) is 6.92 Å². The van der Waals surface area contributed by atoms with Gasteiger partial charge in [0, 0.05) is 29.2 Å². The first-order chi connectivity index (χ1) is 12.4. The highest BCUT2D eigenvalue weighted by Gasteiger charge is 2.11. The lowest BCUT2D eigenvalue weighted by Crippen LogP contribution is -2.29. The van der Waals surface area contributed by atoms with Crippen LogP contribution in [0.15, 0.2) is 34.2 Å². The van der Waals surface area contributed by atoms with E-state index in [0.717, 1.165) is 15.7 Å². The van der Waals surface area contributed by atoms with Crippen molar-refractivity contribution >= 4 is 45.2 Å². The maximum Gasteiger partial charge on any atom is 0.230 e. The van der Waals surface area contributed by atoms with E-state index in [2.05, 4.69) is 36.8 Å². The zero-order valence-corrected chi connectivity index (χ0v) is 17.4. The Morgan fingerprint density at radius 3 is 2.81 bits per heavy atom. The number of carbonyl (C=O) groups is 2. The van der Waals surface area contributed by atoms with Gasteiger partial charge in [0.25, 0.3) is 0 Å². The number of amides is 2. The van der Waals surface area contributed by atoms with Gasteiger partial charge >= 0.3 is 0 Å². The summed E-state index contributed by atoms with van der Waals surface area (Å²) in [4.78, 5) is 23.9. The summed E-state index contributed by atoms with van der Waals surface area (Å²) in [6.45, 7) is 6.27. The van der Waals surface area contributed by atoms with Crippen LogP contribution in [0.25, 0.3) is 0 Å². The van der Waals surface area contributed by atoms with E-state index in [1.54, 1.807) is 6.33 Å². The van der Waals surface area contributed by atoms with Gasteiger partial charge in [0.2, 0.25) is 11.8 Å². The molecule has 0 saturated heterocycles. The van der Waals surface area contributed by atoms with Crippen molar-refractivity contribution in [3.8, 4) is 0 Å². The Morgan fingerprint density at radius 1 is 1.31 bits per heavy atom. The first-order valence-corrected chi connectivity index (χ1v) is 9.99. The molecule has 2 amide bonds. The van der Waals surface area contributed by atoms with Gasteiger partial charge in [-0.1, -0.05) is 33.8 Å². The zero-order valence-electron chi connectivity index (χ0n) is 15.0. The number of rotatable bonds is 8. The van der Waals surface area contributed by atoms with Crippen molar-refractivity contribution in [3.05, 3.63) is 34.6 Å². The van der Waals surface area contributed by atoms with Crippen LogP contribution in [-0.4, -0.2) is 38.9 Å². The van der Waals surface area contributed by atoms with Crippen LogP contribution in [0.5, 0.6) is 0 Å². The Morgan fingerprint density at radius 2 is 2.08 bits per heavy atom. The number of hydrogen-bond acceptors (Lipinski definition) is 5. The standard InChI is InChI=1S/C17H22BrN5O2S/c1-11(2)23-10-20-22-17(23)26-9-16(25)19-7-6-15(24)21-14-8-13(18)5-4-12(14)3/h4-5,8,10-11H,6-7,9H2,1-3H3,(H,19,25)(H,21,24). The van der Waals surface area contributed by atoms with Gasteiger partial charge in [-0.05, 0) is 38.5 Å². The number of nitrogens with zero attached hydrogens (tertiary/aromatic N) is 3. The molecule has 0 saturated carbocycles. The van der Waals surface area contributed by atoms with E-state index in [0.29, 0.717) is 5.16 Å². The van der Waals surface area contributed by atoms with E-state index in [4.69, 9.17) is 0 Å².